The van der Waals surface area contributed by atoms with Crippen LogP contribution in [-0.2, 0) is 4.79 Å². The van der Waals surface area contributed by atoms with E-state index in [0.717, 1.165) is 32.0 Å². The summed E-state index contributed by atoms with van der Waals surface area (Å²) < 4.78 is 0. The summed E-state index contributed by atoms with van der Waals surface area (Å²) in [6.45, 7) is 6.99. The van der Waals surface area contributed by atoms with Gasteiger partial charge in [-0.1, -0.05) is 6.07 Å². The number of amides is 1. The van der Waals surface area contributed by atoms with Gasteiger partial charge < -0.3 is 9.80 Å². The Morgan fingerprint density at radius 3 is 2.44 bits per heavy atom. The average Bonchev–Trinajstić information content (AvgIpc) is 2.30. The molecule has 1 aromatic rings. The monoisotopic (exact) mass is 219 g/mol. The van der Waals surface area contributed by atoms with Crippen molar-refractivity contribution in [3.05, 3.63) is 23.9 Å². The number of pyridine rings is 1. The number of anilines is 1. The maximum atomic E-state index is 11.2. The predicted molar refractivity (Wildman–Crippen MR) is 63.4 cm³/mol. The van der Waals surface area contributed by atoms with Crippen LogP contribution in [0.4, 0.5) is 5.82 Å². The molecule has 0 radical (unpaired) electrons. The fourth-order valence-electron chi connectivity index (χ4n) is 1.90. The smallest absolute Gasteiger partial charge is 0.219 e. The lowest BCUT2D eigenvalue weighted by atomic mass is 10.2. The van der Waals surface area contributed by atoms with Crippen molar-refractivity contribution < 1.29 is 4.79 Å². The third-order valence-electron chi connectivity index (χ3n) is 2.94. The van der Waals surface area contributed by atoms with Gasteiger partial charge in [0.15, 0.2) is 0 Å². The fourth-order valence-corrected chi connectivity index (χ4v) is 1.90. The van der Waals surface area contributed by atoms with Gasteiger partial charge in [-0.3, -0.25) is 4.79 Å². The molecule has 0 bridgehead atoms. The molecule has 4 heteroatoms. The lowest BCUT2D eigenvalue weighted by Gasteiger charge is -2.34. The van der Waals surface area contributed by atoms with Crippen LogP contribution >= 0.6 is 0 Å². The number of aromatic nitrogens is 1. The van der Waals surface area contributed by atoms with E-state index in [1.807, 2.05) is 24.1 Å². The van der Waals surface area contributed by atoms with Gasteiger partial charge >= 0.3 is 0 Å². The molecule has 2 heterocycles. The number of rotatable bonds is 1. The summed E-state index contributed by atoms with van der Waals surface area (Å²) in [6, 6.07) is 4.11. The van der Waals surface area contributed by atoms with E-state index in [0.29, 0.717) is 0 Å². The van der Waals surface area contributed by atoms with Gasteiger partial charge in [0.1, 0.15) is 5.82 Å². The predicted octanol–water partition coefficient (Wildman–Crippen LogP) is 1.06. The molecule has 1 aromatic heterocycles. The number of aryl methyl sites for hydroxylation is 1. The van der Waals surface area contributed by atoms with Crippen LogP contribution in [0.3, 0.4) is 0 Å². The van der Waals surface area contributed by atoms with Crippen LogP contribution in [-0.4, -0.2) is 42.0 Å². The molecule has 1 amide bonds. The van der Waals surface area contributed by atoms with Crippen molar-refractivity contribution in [2.24, 2.45) is 0 Å². The highest BCUT2D eigenvalue weighted by molar-refractivity contribution is 5.73. The Morgan fingerprint density at radius 1 is 1.25 bits per heavy atom. The minimum atomic E-state index is 0.163. The van der Waals surface area contributed by atoms with E-state index in [1.54, 1.807) is 6.92 Å². The molecule has 0 unspecified atom stereocenters. The van der Waals surface area contributed by atoms with Gasteiger partial charge in [-0.05, 0) is 18.6 Å². The molecule has 2 rings (SSSR count). The second kappa shape index (κ2) is 4.51. The van der Waals surface area contributed by atoms with Gasteiger partial charge in [-0.15, -0.1) is 0 Å². The first-order chi connectivity index (χ1) is 7.66. The van der Waals surface area contributed by atoms with Crippen LogP contribution < -0.4 is 4.90 Å². The van der Waals surface area contributed by atoms with Crippen LogP contribution in [0.15, 0.2) is 18.3 Å². The van der Waals surface area contributed by atoms with Gasteiger partial charge in [0.2, 0.25) is 5.91 Å². The van der Waals surface area contributed by atoms with Crippen molar-refractivity contribution in [1.82, 2.24) is 9.88 Å². The largest absolute Gasteiger partial charge is 0.353 e. The van der Waals surface area contributed by atoms with E-state index in [-0.39, 0.29) is 5.91 Å². The van der Waals surface area contributed by atoms with Gasteiger partial charge in [0.05, 0.1) is 0 Å². The number of piperazine rings is 1. The molecule has 1 saturated heterocycles. The highest BCUT2D eigenvalue weighted by Crippen LogP contribution is 2.13. The normalized spacial score (nSPS) is 16.4. The van der Waals surface area contributed by atoms with E-state index < -0.39 is 0 Å². The van der Waals surface area contributed by atoms with Crippen molar-refractivity contribution in [3.8, 4) is 0 Å². The Balaban J connectivity index is 1.99. The first-order valence-corrected chi connectivity index (χ1v) is 5.60. The average molecular weight is 219 g/mol. The summed E-state index contributed by atoms with van der Waals surface area (Å²) >= 11 is 0. The third kappa shape index (κ3) is 2.32. The lowest BCUT2D eigenvalue weighted by Crippen LogP contribution is -2.48. The van der Waals surface area contributed by atoms with E-state index in [2.05, 4.69) is 16.0 Å². The van der Waals surface area contributed by atoms with E-state index in [1.165, 1.54) is 5.56 Å². The Labute approximate surface area is 95.9 Å². The Bertz CT molecular complexity index is 366. The lowest BCUT2D eigenvalue weighted by molar-refractivity contribution is -0.129. The maximum Gasteiger partial charge on any atom is 0.219 e. The van der Waals surface area contributed by atoms with Crippen LogP contribution in [0, 0.1) is 6.92 Å². The minimum Gasteiger partial charge on any atom is -0.353 e. The van der Waals surface area contributed by atoms with Crippen LogP contribution in [0.25, 0.3) is 0 Å². The van der Waals surface area contributed by atoms with Gasteiger partial charge in [-0.2, -0.15) is 0 Å². The summed E-state index contributed by atoms with van der Waals surface area (Å²) in [7, 11) is 0. The Kier molecular flexibility index (Phi) is 3.08. The molecule has 0 spiro atoms. The molecular formula is C12H17N3O. The molecule has 1 aliphatic heterocycles. The summed E-state index contributed by atoms with van der Waals surface area (Å²) in [5.41, 5.74) is 1.17. The highest BCUT2D eigenvalue weighted by Gasteiger charge is 2.18. The van der Waals surface area contributed by atoms with Crippen molar-refractivity contribution in [1.29, 1.82) is 0 Å². The molecule has 16 heavy (non-hydrogen) atoms. The number of carbonyl (C=O) groups is 1. The minimum absolute atomic E-state index is 0.163. The molecule has 0 aromatic carbocycles. The zero-order chi connectivity index (χ0) is 11.5. The topological polar surface area (TPSA) is 36.4 Å². The second-order valence-corrected chi connectivity index (χ2v) is 4.19. The molecule has 86 valence electrons. The second-order valence-electron chi connectivity index (χ2n) is 4.19. The Morgan fingerprint density at radius 2 is 1.94 bits per heavy atom. The molecular weight excluding hydrogens is 202 g/mol. The summed E-state index contributed by atoms with van der Waals surface area (Å²) in [4.78, 5) is 19.7. The number of hydrogen-bond acceptors (Lipinski definition) is 3. The zero-order valence-electron chi connectivity index (χ0n) is 9.81. The van der Waals surface area contributed by atoms with E-state index >= 15 is 0 Å². The first kappa shape index (κ1) is 10.9. The summed E-state index contributed by atoms with van der Waals surface area (Å²) in [5.74, 6) is 1.17. The van der Waals surface area contributed by atoms with Crippen molar-refractivity contribution in [3.63, 3.8) is 0 Å². The van der Waals surface area contributed by atoms with Crippen LogP contribution in [0.5, 0.6) is 0 Å². The Hall–Kier alpha value is -1.58. The molecule has 0 N–H and O–H groups in total. The number of nitrogens with zero attached hydrogens (tertiary/aromatic N) is 3. The zero-order valence-corrected chi connectivity index (χ0v) is 9.81. The molecule has 0 atom stereocenters. The SMILES string of the molecule is CC(=O)N1CCN(c2ccc(C)cn2)CC1. The summed E-state index contributed by atoms with van der Waals surface area (Å²) in [6.07, 6.45) is 1.88. The number of hydrogen-bond donors (Lipinski definition) is 0. The van der Waals surface area contributed by atoms with Gasteiger partial charge in [0, 0.05) is 39.3 Å². The van der Waals surface area contributed by atoms with E-state index in [9.17, 15) is 4.79 Å². The van der Waals surface area contributed by atoms with Crippen LogP contribution in [0.2, 0.25) is 0 Å². The van der Waals surface area contributed by atoms with Crippen molar-refractivity contribution >= 4 is 11.7 Å². The van der Waals surface area contributed by atoms with Crippen molar-refractivity contribution in [2.75, 3.05) is 31.1 Å². The molecule has 1 aliphatic rings. The summed E-state index contributed by atoms with van der Waals surface area (Å²) in [5, 5.41) is 0. The molecule has 0 aliphatic carbocycles. The highest BCUT2D eigenvalue weighted by atomic mass is 16.2. The van der Waals surface area contributed by atoms with E-state index in [4.69, 9.17) is 0 Å². The molecule has 1 fully saturated rings. The molecule has 4 nitrogen and oxygen atoms in total. The van der Waals surface area contributed by atoms with Crippen LogP contribution in [0.1, 0.15) is 12.5 Å². The number of carbonyl (C=O) groups excluding carboxylic acids is 1. The maximum absolute atomic E-state index is 11.2. The standard InChI is InChI=1S/C12H17N3O/c1-10-3-4-12(13-9-10)15-7-5-14(6-8-15)11(2)16/h3-4,9H,5-8H2,1-2H3. The van der Waals surface area contributed by atoms with Gasteiger partial charge in [0.25, 0.3) is 0 Å². The fraction of sp³-hybridized carbons (Fsp3) is 0.500. The third-order valence-corrected chi connectivity index (χ3v) is 2.94. The van der Waals surface area contributed by atoms with Crippen molar-refractivity contribution in [2.45, 2.75) is 13.8 Å². The molecule has 0 saturated carbocycles. The quantitative estimate of drug-likeness (QED) is 0.708. The van der Waals surface area contributed by atoms with Gasteiger partial charge in [-0.25, -0.2) is 4.98 Å². The first-order valence-electron chi connectivity index (χ1n) is 5.60.